The van der Waals surface area contributed by atoms with Gasteiger partial charge in [-0.3, -0.25) is 0 Å². The van der Waals surface area contributed by atoms with Crippen molar-refractivity contribution in [1.29, 1.82) is 0 Å². The van der Waals surface area contributed by atoms with E-state index in [9.17, 15) is 0 Å². The molecule has 2 aromatic rings. The first-order valence-corrected chi connectivity index (χ1v) is 5.13. The van der Waals surface area contributed by atoms with Crippen LogP contribution in [0.1, 0.15) is 17.9 Å². The lowest BCUT2D eigenvalue weighted by Gasteiger charge is -1.97. The highest BCUT2D eigenvalue weighted by Gasteiger charge is 2.09. The van der Waals surface area contributed by atoms with Gasteiger partial charge in [-0.25, -0.2) is 0 Å². The van der Waals surface area contributed by atoms with Crippen molar-refractivity contribution in [2.45, 2.75) is 19.8 Å². The van der Waals surface area contributed by atoms with Crippen molar-refractivity contribution in [3.63, 3.8) is 0 Å². The highest BCUT2D eigenvalue weighted by molar-refractivity contribution is 5.58. The Morgan fingerprint density at radius 2 is 2.19 bits per heavy atom. The number of aromatic nitrogens is 2. The highest BCUT2D eigenvalue weighted by Crippen LogP contribution is 2.19. The summed E-state index contributed by atoms with van der Waals surface area (Å²) in [6, 6.07) is 7.94. The molecule has 3 heteroatoms. The fourth-order valence-corrected chi connectivity index (χ4v) is 1.47. The molecule has 1 heterocycles. The Morgan fingerprint density at radius 3 is 2.94 bits per heavy atom. The SMILES string of the molecule is C#CCCc1nc(-c2ccccc2C)no1. The molecule has 0 unspecified atom stereocenters. The maximum atomic E-state index is 5.18. The van der Waals surface area contributed by atoms with Crippen LogP contribution < -0.4 is 0 Å². The first-order chi connectivity index (χ1) is 7.81. The van der Waals surface area contributed by atoms with Crippen LogP contribution in [0.4, 0.5) is 0 Å². The molecule has 2 rings (SSSR count). The number of hydrogen-bond donors (Lipinski definition) is 0. The van der Waals surface area contributed by atoms with E-state index >= 15 is 0 Å². The van der Waals surface area contributed by atoms with Gasteiger partial charge in [0.05, 0.1) is 0 Å². The van der Waals surface area contributed by atoms with Gasteiger partial charge in [-0.2, -0.15) is 4.98 Å². The monoisotopic (exact) mass is 212 g/mol. The molecule has 0 aliphatic heterocycles. The Labute approximate surface area is 94.5 Å². The second-order valence-electron chi connectivity index (χ2n) is 3.53. The molecule has 0 saturated heterocycles. The Kier molecular flexibility index (Phi) is 3.02. The Hall–Kier alpha value is -2.08. The summed E-state index contributed by atoms with van der Waals surface area (Å²) >= 11 is 0. The second kappa shape index (κ2) is 4.63. The molecule has 1 aromatic carbocycles. The standard InChI is InChI=1S/C13H12N2O/c1-3-4-9-12-14-13(15-16-12)11-8-6-5-7-10(11)2/h1,5-8H,4,9H2,2H3. The fraction of sp³-hybridized carbons (Fsp3) is 0.231. The molecule has 0 spiro atoms. The Morgan fingerprint density at radius 1 is 1.38 bits per heavy atom. The average molecular weight is 212 g/mol. The van der Waals surface area contributed by atoms with Crippen molar-refractivity contribution in [2.24, 2.45) is 0 Å². The normalized spacial score (nSPS) is 10.0. The molecule has 0 N–H and O–H groups in total. The molecular weight excluding hydrogens is 200 g/mol. The van der Waals surface area contributed by atoms with E-state index in [0.29, 0.717) is 24.6 Å². The number of aryl methyl sites for hydroxylation is 2. The molecule has 0 bridgehead atoms. The molecule has 0 fully saturated rings. The maximum absolute atomic E-state index is 5.18. The fourth-order valence-electron chi connectivity index (χ4n) is 1.47. The largest absolute Gasteiger partial charge is 0.339 e. The minimum Gasteiger partial charge on any atom is -0.339 e. The van der Waals surface area contributed by atoms with Crippen LogP contribution in [0.25, 0.3) is 11.4 Å². The van der Waals surface area contributed by atoms with Gasteiger partial charge < -0.3 is 4.52 Å². The summed E-state index contributed by atoms with van der Waals surface area (Å²) in [6.07, 6.45) is 6.43. The molecule has 0 atom stereocenters. The summed E-state index contributed by atoms with van der Waals surface area (Å²) in [7, 11) is 0. The third-order valence-corrected chi connectivity index (χ3v) is 2.34. The van der Waals surface area contributed by atoms with Gasteiger partial charge in [0.15, 0.2) is 0 Å². The van der Waals surface area contributed by atoms with Crippen molar-refractivity contribution in [2.75, 3.05) is 0 Å². The number of benzene rings is 1. The van der Waals surface area contributed by atoms with E-state index in [1.54, 1.807) is 0 Å². The Balaban J connectivity index is 2.26. The van der Waals surface area contributed by atoms with Gasteiger partial charge in [0.25, 0.3) is 0 Å². The van der Waals surface area contributed by atoms with Gasteiger partial charge in [0.1, 0.15) is 0 Å². The molecule has 0 aliphatic carbocycles. The summed E-state index contributed by atoms with van der Waals surface area (Å²) in [5.74, 6) is 3.77. The smallest absolute Gasteiger partial charge is 0.227 e. The van der Waals surface area contributed by atoms with Crippen molar-refractivity contribution in [1.82, 2.24) is 10.1 Å². The molecule has 80 valence electrons. The van der Waals surface area contributed by atoms with Gasteiger partial charge in [0.2, 0.25) is 11.7 Å². The van der Waals surface area contributed by atoms with Crippen LogP contribution >= 0.6 is 0 Å². The third-order valence-electron chi connectivity index (χ3n) is 2.34. The van der Waals surface area contributed by atoms with Crippen molar-refractivity contribution >= 4 is 0 Å². The molecule has 0 radical (unpaired) electrons. The quantitative estimate of drug-likeness (QED) is 0.734. The van der Waals surface area contributed by atoms with E-state index in [1.165, 1.54) is 0 Å². The van der Waals surface area contributed by atoms with Gasteiger partial charge in [-0.1, -0.05) is 29.4 Å². The molecular formula is C13H12N2O. The summed E-state index contributed by atoms with van der Waals surface area (Å²) < 4.78 is 5.12. The minimum atomic E-state index is 0.594. The van der Waals surface area contributed by atoms with Gasteiger partial charge in [0, 0.05) is 18.4 Å². The van der Waals surface area contributed by atoms with Crippen LogP contribution in [0.2, 0.25) is 0 Å². The predicted molar refractivity (Wildman–Crippen MR) is 61.6 cm³/mol. The van der Waals surface area contributed by atoms with Gasteiger partial charge in [-0.05, 0) is 12.5 Å². The van der Waals surface area contributed by atoms with Crippen molar-refractivity contribution < 1.29 is 4.52 Å². The van der Waals surface area contributed by atoms with Crippen LogP contribution in [0.5, 0.6) is 0 Å². The second-order valence-corrected chi connectivity index (χ2v) is 3.53. The third kappa shape index (κ3) is 2.12. The summed E-state index contributed by atoms with van der Waals surface area (Å²) in [5, 5.41) is 3.95. The first kappa shape index (κ1) is 10.4. The van der Waals surface area contributed by atoms with E-state index in [0.717, 1.165) is 11.1 Å². The topological polar surface area (TPSA) is 38.9 Å². The van der Waals surface area contributed by atoms with Crippen LogP contribution in [-0.2, 0) is 6.42 Å². The lowest BCUT2D eigenvalue weighted by atomic mass is 10.1. The summed E-state index contributed by atoms with van der Waals surface area (Å²) in [5.41, 5.74) is 2.13. The molecule has 16 heavy (non-hydrogen) atoms. The maximum Gasteiger partial charge on any atom is 0.227 e. The van der Waals surface area contributed by atoms with E-state index in [4.69, 9.17) is 10.9 Å². The molecule has 3 nitrogen and oxygen atoms in total. The van der Waals surface area contributed by atoms with Crippen molar-refractivity contribution in [3.8, 4) is 23.7 Å². The molecule has 1 aromatic heterocycles. The summed E-state index contributed by atoms with van der Waals surface area (Å²) in [4.78, 5) is 4.31. The predicted octanol–water partition coefficient (Wildman–Crippen LogP) is 2.61. The van der Waals surface area contributed by atoms with Gasteiger partial charge >= 0.3 is 0 Å². The number of terminal acetylenes is 1. The zero-order valence-electron chi connectivity index (χ0n) is 9.10. The van der Waals surface area contributed by atoms with Crippen LogP contribution in [0, 0.1) is 19.3 Å². The van der Waals surface area contributed by atoms with E-state index in [2.05, 4.69) is 16.1 Å². The van der Waals surface area contributed by atoms with Crippen LogP contribution in [-0.4, -0.2) is 10.1 Å². The molecule has 0 aliphatic rings. The molecule has 0 saturated carbocycles. The highest BCUT2D eigenvalue weighted by atomic mass is 16.5. The lowest BCUT2D eigenvalue weighted by Crippen LogP contribution is -1.86. The van der Waals surface area contributed by atoms with E-state index < -0.39 is 0 Å². The average Bonchev–Trinajstić information content (AvgIpc) is 2.75. The summed E-state index contributed by atoms with van der Waals surface area (Å²) in [6.45, 7) is 2.02. The zero-order valence-corrected chi connectivity index (χ0v) is 9.10. The molecule has 0 amide bonds. The van der Waals surface area contributed by atoms with Crippen LogP contribution in [0.15, 0.2) is 28.8 Å². The van der Waals surface area contributed by atoms with E-state index in [1.807, 2.05) is 31.2 Å². The number of nitrogens with zero attached hydrogens (tertiary/aromatic N) is 2. The Bertz CT molecular complexity index is 523. The van der Waals surface area contributed by atoms with Crippen molar-refractivity contribution in [3.05, 3.63) is 35.7 Å². The number of hydrogen-bond acceptors (Lipinski definition) is 3. The first-order valence-electron chi connectivity index (χ1n) is 5.13. The van der Waals surface area contributed by atoms with E-state index in [-0.39, 0.29) is 0 Å². The zero-order chi connectivity index (χ0) is 11.4. The minimum absolute atomic E-state index is 0.594. The van der Waals surface area contributed by atoms with Gasteiger partial charge in [-0.15, -0.1) is 12.3 Å². The number of rotatable bonds is 3. The van der Waals surface area contributed by atoms with Crippen LogP contribution in [0.3, 0.4) is 0 Å². The lowest BCUT2D eigenvalue weighted by molar-refractivity contribution is 0.380.